The van der Waals surface area contributed by atoms with Crippen molar-refractivity contribution in [1.29, 1.82) is 0 Å². The van der Waals surface area contributed by atoms with Crippen LogP contribution in [0.5, 0.6) is 5.75 Å². The Morgan fingerprint density at radius 1 is 1.15 bits per heavy atom. The molecule has 4 rings (SSSR count). The second kappa shape index (κ2) is 6.22. The monoisotopic (exact) mass is 361 g/mol. The van der Waals surface area contributed by atoms with Gasteiger partial charge in [0, 0.05) is 18.4 Å². The summed E-state index contributed by atoms with van der Waals surface area (Å²) >= 11 is 0. The lowest BCUT2D eigenvalue weighted by molar-refractivity contribution is -0.200. The third-order valence-electron chi connectivity index (χ3n) is 5.65. The second-order valence-electron chi connectivity index (χ2n) is 7.97. The van der Waals surface area contributed by atoms with Gasteiger partial charge in [-0.05, 0) is 38.8 Å². The molecule has 3 aliphatic rings. The van der Waals surface area contributed by atoms with Gasteiger partial charge in [-0.2, -0.15) is 0 Å². The van der Waals surface area contributed by atoms with Crippen molar-refractivity contribution in [1.82, 2.24) is 0 Å². The lowest BCUT2D eigenvalue weighted by Crippen LogP contribution is -2.42. The van der Waals surface area contributed by atoms with Crippen molar-refractivity contribution in [2.24, 2.45) is 4.99 Å². The molecule has 2 heterocycles. The molecule has 2 aliphatic heterocycles. The summed E-state index contributed by atoms with van der Waals surface area (Å²) in [7, 11) is 1.68. The van der Waals surface area contributed by atoms with Crippen molar-refractivity contribution in [3.05, 3.63) is 29.3 Å². The van der Waals surface area contributed by atoms with Gasteiger partial charge in [-0.25, -0.2) is 4.99 Å². The second-order valence-corrected chi connectivity index (χ2v) is 7.97. The normalized spacial score (nSPS) is 24.8. The van der Waals surface area contributed by atoms with Crippen LogP contribution in [0.2, 0.25) is 0 Å². The molecule has 1 aliphatic carbocycles. The maximum absolute atomic E-state index is 9.62. The fourth-order valence-electron chi connectivity index (χ4n) is 4.21. The lowest BCUT2D eigenvalue weighted by atomic mass is 9.76. The third-order valence-corrected chi connectivity index (χ3v) is 5.65. The van der Waals surface area contributed by atoms with Gasteiger partial charge in [0.1, 0.15) is 11.4 Å². The molecule has 1 aromatic carbocycles. The minimum absolute atomic E-state index is 0.0447. The first-order valence-electron chi connectivity index (χ1n) is 9.28. The van der Waals surface area contributed by atoms with Crippen LogP contribution in [-0.2, 0) is 19.8 Å². The zero-order valence-electron chi connectivity index (χ0n) is 15.7. The van der Waals surface area contributed by atoms with E-state index in [1.54, 1.807) is 7.11 Å². The number of nitrogens with zero attached hydrogens (tertiary/aromatic N) is 1. The number of hydrogen-bond donors (Lipinski definition) is 1. The van der Waals surface area contributed by atoms with Crippen molar-refractivity contribution < 1.29 is 24.1 Å². The Bertz CT molecular complexity index is 711. The van der Waals surface area contributed by atoms with Gasteiger partial charge in [0.25, 0.3) is 0 Å². The number of ether oxygens (including phenoxy) is 4. The van der Waals surface area contributed by atoms with Crippen molar-refractivity contribution >= 4 is 5.90 Å². The predicted octanol–water partition coefficient (Wildman–Crippen LogP) is 2.76. The molecule has 1 saturated carbocycles. The van der Waals surface area contributed by atoms with Crippen LogP contribution in [-0.4, -0.2) is 49.3 Å². The summed E-state index contributed by atoms with van der Waals surface area (Å²) < 4.78 is 23.9. The number of aliphatic hydroxyl groups is 1. The topological polar surface area (TPSA) is 69.5 Å². The Balaban J connectivity index is 1.74. The molecule has 0 atom stereocenters. The summed E-state index contributed by atoms with van der Waals surface area (Å²) in [6.45, 7) is 5.06. The molecule has 2 spiro atoms. The molecule has 0 radical (unpaired) electrons. The summed E-state index contributed by atoms with van der Waals surface area (Å²) in [6, 6.07) is 5.94. The minimum Gasteiger partial charge on any atom is -0.496 e. The van der Waals surface area contributed by atoms with Gasteiger partial charge in [0.15, 0.2) is 5.79 Å². The summed E-state index contributed by atoms with van der Waals surface area (Å²) in [5.74, 6) is 0.946. The fraction of sp³-hybridized carbons (Fsp3) is 0.650. The highest BCUT2D eigenvalue weighted by atomic mass is 16.7. The summed E-state index contributed by atoms with van der Waals surface area (Å²) in [4.78, 5) is 4.71. The molecule has 1 N–H and O–H groups in total. The molecule has 6 nitrogen and oxygen atoms in total. The highest BCUT2D eigenvalue weighted by Gasteiger charge is 2.54. The highest BCUT2D eigenvalue weighted by Crippen LogP contribution is 2.53. The predicted molar refractivity (Wildman–Crippen MR) is 96.6 cm³/mol. The molecule has 0 aromatic heterocycles. The average molecular weight is 361 g/mol. The summed E-state index contributed by atoms with van der Waals surface area (Å²) in [6.07, 6.45) is 3.11. The molecule has 0 bridgehead atoms. The molecule has 26 heavy (non-hydrogen) atoms. The number of rotatable bonds is 3. The molecular formula is C20H27NO5. The van der Waals surface area contributed by atoms with E-state index in [1.165, 1.54) is 0 Å². The van der Waals surface area contributed by atoms with Crippen LogP contribution in [0.3, 0.4) is 0 Å². The summed E-state index contributed by atoms with van der Waals surface area (Å²) in [5, 5.41) is 9.62. The van der Waals surface area contributed by atoms with E-state index in [9.17, 15) is 5.11 Å². The van der Waals surface area contributed by atoms with Crippen molar-refractivity contribution in [3.63, 3.8) is 0 Å². The molecule has 2 fully saturated rings. The zero-order valence-corrected chi connectivity index (χ0v) is 15.7. The van der Waals surface area contributed by atoms with E-state index in [0.717, 1.165) is 42.6 Å². The van der Waals surface area contributed by atoms with Gasteiger partial charge >= 0.3 is 0 Å². The van der Waals surface area contributed by atoms with Gasteiger partial charge in [-0.3, -0.25) is 0 Å². The van der Waals surface area contributed by atoms with E-state index in [1.807, 2.05) is 32.0 Å². The first-order valence-corrected chi connectivity index (χ1v) is 9.28. The van der Waals surface area contributed by atoms with E-state index in [2.05, 4.69) is 0 Å². The SMILES string of the molecule is COc1cccc2c1C1(CCC3(CC1)OCCO3)OC2=NC(C)(C)CO. The average Bonchev–Trinajstić information content (AvgIpc) is 3.22. The standard InChI is InChI=1S/C20H27NO5/c1-18(2,13-22)21-17-14-5-4-6-15(23-3)16(14)19(26-17)7-9-20(10-8-19)24-11-12-25-20/h4-6,22H,7-13H2,1-3H3. The van der Waals surface area contributed by atoms with Gasteiger partial charge in [0.2, 0.25) is 5.90 Å². The van der Waals surface area contributed by atoms with Gasteiger partial charge in [0.05, 0.1) is 38.0 Å². The maximum atomic E-state index is 9.62. The number of fused-ring (bicyclic) bond motifs is 2. The van der Waals surface area contributed by atoms with E-state index >= 15 is 0 Å². The summed E-state index contributed by atoms with van der Waals surface area (Å²) in [5.41, 5.74) is 0.930. The van der Waals surface area contributed by atoms with Crippen LogP contribution < -0.4 is 4.74 Å². The first-order chi connectivity index (χ1) is 12.4. The van der Waals surface area contributed by atoms with E-state index < -0.39 is 16.9 Å². The lowest BCUT2D eigenvalue weighted by Gasteiger charge is -2.41. The third kappa shape index (κ3) is 2.80. The molecule has 1 saturated heterocycles. The number of aliphatic imine (C=N–C) groups is 1. The molecule has 1 aromatic rings. The van der Waals surface area contributed by atoms with Crippen molar-refractivity contribution in [2.75, 3.05) is 26.9 Å². The zero-order chi connectivity index (χ0) is 18.4. The highest BCUT2D eigenvalue weighted by molar-refractivity contribution is 6.00. The Morgan fingerprint density at radius 2 is 1.85 bits per heavy atom. The quantitative estimate of drug-likeness (QED) is 0.896. The van der Waals surface area contributed by atoms with Crippen LogP contribution in [0.15, 0.2) is 23.2 Å². The van der Waals surface area contributed by atoms with Crippen molar-refractivity contribution in [2.45, 2.75) is 56.5 Å². The number of aliphatic hydroxyl groups excluding tert-OH is 1. The fourth-order valence-corrected chi connectivity index (χ4v) is 4.21. The van der Waals surface area contributed by atoms with Crippen LogP contribution in [0.4, 0.5) is 0 Å². The Hall–Kier alpha value is -1.63. The smallest absolute Gasteiger partial charge is 0.218 e. The number of hydrogen-bond acceptors (Lipinski definition) is 6. The van der Waals surface area contributed by atoms with Gasteiger partial charge < -0.3 is 24.1 Å². The largest absolute Gasteiger partial charge is 0.496 e. The molecule has 0 amide bonds. The van der Waals surface area contributed by atoms with Crippen LogP contribution >= 0.6 is 0 Å². The number of methoxy groups -OCH3 is 1. The van der Waals surface area contributed by atoms with Gasteiger partial charge in [-0.15, -0.1) is 0 Å². The Morgan fingerprint density at radius 3 is 2.46 bits per heavy atom. The molecular weight excluding hydrogens is 334 g/mol. The Kier molecular flexibility index (Phi) is 4.25. The van der Waals surface area contributed by atoms with Crippen LogP contribution in [0.25, 0.3) is 0 Å². The molecule has 6 heteroatoms. The minimum atomic E-state index is -0.602. The van der Waals surface area contributed by atoms with E-state index in [0.29, 0.717) is 19.1 Å². The van der Waals surface area contributed by atoms with E-state index in [-0.39, 0.29) is 6.61 Å². The van der Waals surface area contributed by atoms with Crippen molar-refractivity contribution in [3.8, 4) is 5.75 Å². The van der Waals surface area contributed by atoms with Crippen LogP contribution in [0, 0.1) is 0 Å². The Labute approximate surface area is 154 Å². The van der Waals surface area contributed by atoms with Crippen LogP contribution in [0.1, 0.15) is 50.7 Å². The van der Waals surface area contributed by atoms with E-state index in [4.69, 9.17) is 23.9 Å². The number of benzene rings is 1. The molecule has 0 unspecified atom stereocenters. The van der Waals surface area contributed by atoms with Gasteiger partial charge in [-0.1, -0.05) is 6.07 Å². The first kappa shape index (κ1) is 17.8. The molecule has 142 valence electrons. The maximum Gasteiger partial charge on any atom is 0.218 e.